The van der Waals surface area contributed by atoms with Crippen molar-refractivity contribution < 1.29 is 4.42 Å². The summed E-state index contributed by atoms with van der Waals surface area (Å²) in [5, 5.41) is 6.44. The number of aromatic amines is 1. The van der Waals surface area contributed by atoms with Crippen LogP contribution in [0.3, 0.4) is 0 Å². The molecule has 0 aromatic carbocycles. The number of imidazole rings is 1. The Hall–Kier alpha value is -2.57. The molecule has 0 spiro atoms. The van der Waals surface area contributed by atoms with Crippen molar-refractivity contribution >= 4 is 22.9 Å². The monoisotopic (exact) mass is 286 g/mol. The molecule has 3 heterocycles. The van der Waals surface area contributed by atoms with Crippen molar-refractivity contribution in [1.82, 2.24) is 19.9 Å². The fraction of sp³-hybridized carbons (Fsp3) is 0.357. The molecule has 3 aromatic heterocycles. The highest BCUT2D eigenvalue weighted by molar-refractivity contribution is 5.83. The maximum absolute atomic E-state index is 5.55. The number of anilines is 2. The van der Waals surface area contributed by atoms with Gasteiger partial charge < -0.3 is 20.0 Å². The summed E-state index contributed by atoms with van der Waals surface area (Å²) in [5.74, 6) is 3.05. The van der Waals surface area contributed by atoms with Crippen molar-refractivity contribution in [2.75, 3.05) is 17.2 Å². The quantitative estimate of drug-likeness (QED) is 0.645. The van der Waals surface area contributed by atoms with Crippen molar-refractivity contribution in [3.8, 4) is 0 Å². The Bertz CT molecular complexity index is 732. The molecule has 21 heavy (non-hydrogen) atoms. The van der Waals surface area contributed by atoms with Crippen molar-refractivity contribution in [2.24, 2.45) is 0 Å². The molecule has 0 saturated heterocycles. The summed E-state index contributed by atoms with van der Waals surface area (Å²) in [5.41, 5.74) is 1.43. The summed E-state index contributed by atoms with van der Waals surface area (Å²) in [4.78, 5) is 16.1. The van der Waals surface area contributed by atoms with Crippen LogP contribution in [0, 0.1) is 6.92 Å². The molecule has 0 radical (unpaired) electrons. The van der Waals surface area contributed by atoms with E-state index in [-0.39, 0.29) is 0 Å². The predicted molar refractivity (Wildman–Crippen MR) is 81.2 cm³/mol. The molecule has 0 saturated carbocycles. The molecule has 7 nitrogen and oxygen atoms in total. The average molecular weight is 286 g/mol. The van der Waals surface area contributed by atoms with Crippen LogP contribution >= 0.6 is 0 Å². The first-order valence-corrected chi connectivity index (χ1v) is 7.00. The summed E-state index contributed by atoms with van der Waals surface area (Å²) < 4.78 is 5.55. The second-order valence-corrected chi connectivity index (χ2v) is 4.79. The third-order valence-corrected chi connectivity index (χ3v) is 3.04. The van der Waals surface area contributed by atoms with Gasteiger partial charge in [-0.2, -0.15) is 9.97 Å². The average Bonchev–Trinajstić information content (AvgIpc) is 3.11. The third kappa shape index (κ3) is 2.96. The third-order valence-electron chi connectivity index (χ3n) is 3.04. The van der Waals surface area contributed by atoms with Gasteiger partial charge in [0.25, 0.3) is 0 Å². The zero-order chi connectivity index (χ0) is 14.7. The highest BCUT2D eigenvalue weighted by atomic mass is 16.3. The van der Waals surface area contributed by atoms with E-state index in [9.17, 15) is 0 Å². The first kappa shape index (κ1) is 13.4. The molecule has 0 aliphatic heterocycles. The summed E-state index contributed by atoms with van der Waals surface area (Å²) in [6, 6.07) is 3.89. The molecule has 0 atom stereocenters. The van der Waals surface area contributed by atoms with E-state index >= 15 is 0 Å². The standard InChI is InChI=1S/C14H18N6O/c1-3-6-15-14-19-12(11-13(20-14)18-8-17-11)16-7-10-5-4-9(2)21-10/h4-5,8H,3,6-7H2,1-2H3,(H3,15,16,17,18,19,20). The van der Waals surface area contributed by atoms with E-state index in [1.54, 1.807) is 6.33 Å². The largest absolute Gasteiger partial charge is 0.465 e. The van der Waals surface area contributed by atoms with Gasteiger partial charge in [-0.25, -0.2) is 4.98 Å². The van der Waals surface area contributed by atoms with Gasteiger partial charge in [0.2, 0.25) is 5.95 Å². The topological polar surface area (TPSA) is 91.7 Å². The summed E-state index contributed by atoms with van der Waals surface area (Å²) in [6.07, 6.45) is 2.63. The lowest BCUT2D eigenvalue weighted by molar-refractivity contribution is 0.490. The van der Waals surface area contributed by atoms with Crippen LogP contribution in [0.5, 0.6) is 0 Å². The van der Waals surface area contributed by atoms with Gasteiger partial charge in [0.15, 0.2) is 11.5 Å². The zero-order valence-corrected chi connectivity index (χ0v) is 12.1. The molecule has 0 aliphatic rings. The minimum atomic E-state index is 0.562. The molecule has 3 rings (SSSR count). The van der Waals surface area contributed by atoms with Gasteiger partial charge in [0, 0.05) is 6.54 Å². The van der Waals surface area contributed by atoms with Crippen LogP contribution in [0.2, 0.25) is 0 Å². The van der Waals surface area contributed by atoms with Crippen molar-refractivity contribution in [2.45, 2.75) is 26.8 Å². The minimum Gasteiger partial charge on any atom is -0.465 e. The maximum atomic E-state index is 5.55. The number of aryl methyl sites for hydroxylation is 1. The Labute approximate surface area is 122 Å². The molecular formula is C14H18N6O. The van der Waals surface area contributed by atoms with Crippen molar-refractivity contribution in [3.05, 3.63) is 30.0 Å². The van der Waals surface area contributed by atoms with Gasteiger partial charge in [-0.1, -0.05) is 6.92 Å². The van der Waals surface area contributed by atoms with E-state index in [0.717, 1.165) is 30.0 Å². The second-order valence-electron chi connectivity index (χ2n) is 4.79. The predicted octanol–water partition coefficient (Wildman–Crippen LogP) is 2.69. The summed E-state index contributed by atoms with van der Waals surface area (Å²) in [7, 11) is 0. The van der Waals surface area contributed by atoms with E-state index in [2.05, 4.69) is 37.5 Å². The Balaban J connectivity index is 1.83. The molecule has 3 aromatic rings. The summed E-state index contributed by atoms with van der Waals surface area (Å²) in [6.45, 7) is 5.41. The number of rotatable bonds is 6. The number of nitrogens with one attached hydrogen (secondary N) is 3. The lowest BCUT2D eigenvalue weighted by atomic mass is 10.4. The molecule has 0 bridgehead atoms. The normalized spacial score (nSPS) is 11.0. The van der Waals surface area contributed by atoms with Gasteiger partial charge in [0.1, 0.15) is 17.0 Å². The van der Waals surface area contributed by atoms with Crippen LogP contribution in [0.15, 0.2) is 22.9 Å². The van der Waals surface area contributed by atoms with Gasteiger partial charge in [-0.05, 0) is 25.5 Å². The number of nitrogens with zero attached hydrogens (tertiary/aromatic N) is 3. The van der Waals surface area contributed by atoms with E-state index in [0.29, 0.717) is 24.0 Å². The number of fused-ring (bicyclic) bond motifs is 1. The molecule has 0 aliphatic carbocycles. The van der Waals surface area contributed by atoms with Gasteiger partial charge in [0.05, 0.1) is 12.9 Å². The maximum Gasteiger partial charge on any atom is 0.226 e. The van der Waals surface area contributed by atoms with E-state index in [1.165, 1.54) is 0 Å². The van der Waals surface area contributed by atoms with Crippen molar-refractivity contribution in [1.29, 1.82) is 0 Å². The van der Waals surface area contributed by atoms with Crippen LogP contribution in [0.4, 0.5) is 11.8 Å². The minimum absolute atomic E-state index is 0.562. The molecule has 0 unspecified atom stereocenters. The van der Waals surface area contributed by atoms with Crippen LogP contribution in [-0.4, -0.2) is 26.5 Å². The lowest BCUT2D eigenvalue weighted by Gasteiger charge is -2.08. The van der Waals surface area contributed by atoms with Crippen LogP contribution in [-0.2, 0) is 6.54 Å². The molecule has 110 valence electrons. The Morgan fingerprint density at radius 3 is 2.90 bits per heavy atom. The zero-order valence-electron chi connectivity index (χ0n) is 12.1. The van der Waals surface area contributed by atoms with Gasteiger partial charge >= 0.3 is 0 Å². The first-order chi connectivity index (χ1) is 10.3. The Kier molecular flexibility index (Phi) is 3.72. The fourth-order valence-electron chi connectivity index (χ4n) is 2.03. The van der Waals surface area contributed by atoms with Crippen molar-refractivity contribution in [3.63, 3.8) is 0 Å². The molecule has 0 amide bonds. The summed E-state index contributed by atoms with van der Waals surface area (Å²) >= 11 is 0. The van der Waals surface area contributed by atoms with Crippen LogP contribution in [0.1, 0.15) is 24.9 Å². The van der Waals surface area contributed by atoms with E-state index in [4.69, 9.17) is 4.42 Å². The SMILES string of the molecule is CCCNc1nc(NCc2ccc(C)o2)c2[nH]cnc2n1. The van der Waals surface area contributed by atoms with Crippen LogP contribution in [0.25, 0.3) is 11.2 Å². The molecular weight excluding hydrogens is 268 g/mol. The number of hydrogen-bond donors (Lipinski definition) is 3. The first-order valence-electron chi connectivity index (χ1n) is 7.00. The van der Waals surface area contributed by atoms with Gasteiger partial charge in [-0.15, -0.1) is 0 Å². The van der Waals surface area contributed by atoms with E-state index < -0.39 is 0 Å². The lowest BCUT2D eigenvalue weighted by Crippen LogP contribution is -2.08. The smallest absolute Gasteiger partial charge is 0.226 e. The Morgan fingerprint density at radius 2 is 2.14 bits per heavy atom. The molecule has 3 N–H and O–H groups in total. The molecule has 0 fully saturated rings. The fourth-order valence-corrected chi connectivity index (χ4v) is 2.03. The highest BCUT2D eigenvalue weighted by Crippen LogP contribution is 2.19. The number of H-pyrrole nitrogens is 1. The van der Waals surface area contributed by atoms with E-state index in [1.807, 2.05) is 19.1 Å². The second kappa shape index (κ2) is 5.82. The highest BCUT2D eigenvalue weighted by Gasteiger charge is 2.10. The number of aromatic nitrogens is 4. The Morgan fingerprint density at radius 1 is 1.24 bits per heavy atom. The molecule has 7 heteroatoms. The number of hydrogen-bond acceptors (Lipinski definition) is 6. The van der Waals surface area contributed by atoms with Crippen LogP contribution < -0.4 is 10.6 Å². The number of furan rings is 1. The van der Waals surface area contributed by atoms with Gasteiger partial charge in [-0.3, -0.25) is 0 Å².